The van der Waals surface area contributed by atoms with Crippen LogP contribution < -0.4 is 5.32 Å². The van der Waals surface area contributed by atoms with Gasteiger partial charge in [-0.3, -0.25) is 24.1 Å². The van der Waals surface area contributed by atoms with E-state index in [0.29, 0.717) is 16.7 Å². The number of carbonyl (C=O) groups excluding carboxylic acids is 4. The first kappa shape index (κ1) is 22.0. The SMILES string of the molecule is CN(C)C(=O)c1ccc(CNC(=O)c2ccc3c(c2)C(=O)N(Cc2ccccc2)C3=O)cc1. The van der Waals surface area contributed by atoms with E-state index in [2.05, 4.69) is 5.32 Å². The van der Waals surface area contributed by atoms with Crippen molar-refractivity contribution < 1.29 is 19.2 Å². The highest BCUT2D eigenvalue weighted by Gasteiger charge is 2.35. The van der Waals surface area contributed by atoms with E-state index in [-0.39, 0.29) is 36.4 Å². The Hall–Kier alpha value is -4.26. The number of imide groups is 1. The van der Waals surface area contributed by atoms with Gasteiger partial charge in [-0.15, -0.1) is 0 Å². The number of carbonyl (C=O) groups is 4. The number of hydrogen-bond acceptors (Lipinski definition) is 4. The second-order valence-electron chi connectivity index (χ2n) is 8.02. The van der Waals surface area contributed by atoms with E-state index < -0.39 is 5.91 Å². The van der Waals surface area contributed by atoms with Crippen LogP contribution in [0.3, 0.4) is 0 Å². The first-order chi connectivity index (χ1) is 15.8. The molecule has 33 heavy (non-hydrogen) atoms. The summed E-state index contributed by atoms with van der Waals surface area (Å²) in [6, 6.07) is 20.8. The molecule has 0 unspecified atom stereocenters. The quantitative estimate of drug-likeness (QED) is 0.596. The van der Waals surface area contributed by atoms with Gasteiger partial charge in [0, 0.05) is 31.8 Å². The van der Waals surface area contributed by atoms with Gasteiger partial charge in [0.05, 0.1) is 17.7 Å². The van der Waals surface area contributed by atoms with Gasteiger partial charge in [0.2, 0.25) is 0 Å². The minimum absolute atomic E-state index is 0.0933. The Kier molecular flexibility index (Phi) is 6.04. The summed E-state index contributed by atoms with van der Waals surface area (Å²) in [7, 11) is 3.37. The summed E-state index contributed by atoms with van der Waals surface area (Å²) in [5.41, 5.74) is 3.08. The number of nitrogens with zero attached hydrogens (tertiary/aromatic N) is 2. The predicted octanol–water partition coefficient (Wildman–Crippen LogP) is 3.11. The lowest BCUT2D eigenvalue weighted by Gasteiger charge is -2.13. The van der Waals surface area contributed by atoms with Gasteiger partial charge in [0.1, 0.15) is 0 Å². The Morgan fingerprint density at radius 1 is 0.788 bits per heavy atom. The molecule has 0 atom stereocenters. The molecule has 1 aliphatic rings. The lowest BCUT2D eigenvalue weighted by atomic mass is 10.1. The van der Waals surface area contributed by atoms with Crippen LogP contribution in [0.5, 0.6) is 0 Å². The van der Waals surface area contributed by atoms with Gasteiger partial charge < -0.3 is 10.2 Å². The van der Waals surface area contributed by atoms with Crippen molar-refractivity contribution in [2.24, 2.45) is 0 Å². The number of nitrogens with one attached hydrogen (secondary N) is 1. The Morgan fingerprint density at radius 2 is 1.42 bits per heavy atom. The van der Waals surface area contributed by atoms with E-state index in [9.17, 15) is 19.2 Å². The summed E-state index contributed by atoms with van der Waals surface area (Å²) in [4.78, 5) is 52.9. The monoisotopic (exact) mass is 441 g/mol. The van der Waals surface area contributed by atoms with Crippen LogP contribution in [0.1, 0.15) is 52.6 Å². The first-order valence-corrected chi connectivity index (χ1v) is 10.5. The van der Waals surface area contributed by atoms with Crippen LogP contribution in [0, 0.1) is 0 Å². The first-order valence-electron chi connectivity index (χ1n) is 10.5. The zero-order valence-electron chi connectivity index (χ0n) is 18.4. The highest BCUT2D eigenvalue weighted by Crippen LogP contribution is 2.25. The summed E-state index contributed by atoms with van der Waals surface area (Å²) in [5.74, 6) is -1.22. The van der Waals surface area contributed by atoms with E-state index in [4.69, 9.17) is 0 Å². The number of benzene rings is 3. The van der Waals surface area contributed by atoms with E-state index in [0.717, 1.165) is 11.1 Å². The van der Waals surface area contributed by atoms with Gasteiger partial charge in [0.25, 0.3) is 23.6 Å². The summed E-state index contributed by atoms with van der Waals surface area (Å²) in [5, 5.41) is 2.81. The maximum atomic E-state index is 12.8. The molecule has 0 saturated heterocycles. The van der Waals surface area contributed by atoms with Gasteiger partial charge in [-0.25, -0.2) is 0 Å². The molecule has 3 aromatic carbocycles. The molecule has 7 heteroatoms. The predicted molar refractivity (Wildman–Crippen MR) is 123 cm³/mol. The fourth-order valence-electron chi connectivity index (χ4n) is 3.65. The molecule has 0 bridgehead atoms. The van der Waals surface area contributed by atoms with Gasteiger partial charge in [0.15, 0.2) is 0 Å². The Labute approximate surface area is 191 Å². The summed E-state index contributed by atoms with van der Waals surface area (Å²) in [6.07, 6.45) is 0. The molecule has 0 fully saturated rings. The van der Waals surface area contributed by atoms with Crippen LogP contribution >= 0.6 is 0 Å². The summed E-state index contributed by atoms with van der Waals surface area (Å²) < 4.78 is 0. The highest BCUT2D eigenvalue weighted by atomic mass is 16.2. The molecule has 4 rings (SSSR count). The van der Waals surface area contributed by atoms with Crippen LogP contribution in [-0.2, 0) is 13.1 Å². The molecule has 7 nitrogen and oxygen atoms in total. The van der Waals surface area contributed by atoms with Crippen molar-refractivity contribution in [3.8, 4) is 0 Å². The van der Waals surface area contributed by atoms with Crippen molar-refractivity contribution in [3.05, 3.63) is 106 Å². The van der Waals surface area contributed by atoms with Crippen molar-refractivity contribution in [1.82, 2.24) is 15.1 Å². The molecule has 166 valence electrons. The Bertz CT molecular complexity index is 1230. The lowest BCUT2D eigenvalue weighted by molar-refractivity contribution is 0.0641. The topological polar surface area (TPSA) is 86.8 Å². The van der Waals surface area contributed by atoms with E-state index in [1.807, 2.05) is 30.3 Å². The third kappa shape index (κ3) is 4.52. The maximum absolute atomic E-state index is 12.8. The molecule has 1 N–H and O–H groups in total. The van der Waals surface area contributed by atoms with Crippen LogP contribution in [-0.4, -0.2) is 47.5 Å². The van der Waals surface area contributed by atoms with Crippen molar-refractivity contribution >= 4 is 23.6 Å². The maximum Gasteiger partial charge on any atom is 0.261 e. The van der Waals surface area contributed by atoms with E-state index in [1.165, 1.54) is 21.9 Å². The fraction of sp³-hybridized carbons (Fsp3) is 0.154. The zero-order valence-corrected chi connectivity index (χ0v) is 18.4. The Balaban J connectivity index is 1.43. The minimum atomic E-state index is -0.408. The molecule has 0 spiro atoms. The van der Waals surface area contributed by atoms with Crippen LogP contribution in [0.15, 0.2) is 72.8 Å². The standard InChI is InChI=1S/C26H23N3O4/c1-28(2)24(31)19-10-8-17(9-11-19)15-27-23(30)20-12-13-21-22(14-20)26(33)29(25(21)32)16-18-6-4-3-5-7-18/h3-14H,15-16H2,1-2H3,(H,27,30). The summed E-state index contributed by atoms with van der Waals surface area (Å²) >= 11 is 0. The van der Waals surface area contributed by atoms with Crippen LogP contribution in [0.25, 0.3) is 0 Å². The zero-order chi connectivity index (χ0) is 23.5. The normalized spacial score (nSPS) is 12.5. The van der Waals surface area contributed by atoms with Gasteiger partial charge >= 0.3 is 0 Å². The van der Waals surface area contributed by atoms with Gasteiger partial charge in [-0.05, 0) is 41.5 Å². The number of rotatable bonds is 6. The number of amides is 4. The molecule has 0 aromatic heterocycles. The second-order valence-corrected chi connectivity index (χ2v) is 8.02. The highest BCUT2D eigenvalue weighted by molar-refractivity contribution is 6.22. The average molecular weight is 441 g/mol. The third-order valence-electron chi connectivity index (χ3n) is 5.48. The summed E-state index contributed by atoms with van der Waals surface area (Å²) in [6.45, 7) is 0.445. The minimum Gasteiger partial charge on any atom is -0.348 e. The van der Waals surface area contributed by atoms with E-state index >= 15 is 0 Å². The third-order valence-corrected chi connectivity index (χ3v) is 5.48. The lowest BCUT2D eigenvalue weighted by Crippen LogP contribution is -2.29. The van der Waals surface area contributed by atoms with Crippen molar-refractivity contribution in [1.29, 1.82) is 0 Å². The van der Waals surface area contributed by atoms with Crippen LogP contribution in [0.2, 0.25) is 0 Å². The van der Waals surface area contributed by atoms with Gasteiger partial charge in [-0.1, -0.05) is 42.5 Å². The molecule has 0 aliphatic carbocycles. The molecule has 3 aromatic rings. The van der Waals surface area contributed by atoms with Crippen LogP contribution in [0.4, 0.5) is 0 Å². The van der Waals surface area contributed by atoms with Crippen molar-refractivity contribution in [2.75, 3.05) is 14.1 Å². The molecule has 0 saturated carbocycles. The number of fused-ring (bicyclic) bond motifs is 1. The van der Waals surface area contributed by atoms with Crippen molar-refractivity contribution in [3.63, 3.8) is 0 Å². The molecular weight excluding hydrogens is 418 g/mol. The fourth-order valence-corrected chi connectivity index (χ4v) is 3.65. The molecule has 1 heterocycles. The smallest absolute Gasteiger partial charge is 0.261 e. The Morgan fingerprint density at radius 3 is 2.09 bits per heavy atom. The molecular formula is C26H23N3O4. The van der Waals surface area contributed by atoms with Gasteiger partial charge in [-0.2, -0.15) is 0 Å². The average Bonchev–Trinajstić information content (AvgIpc) is 3.07. The largest absolute Gasteiger partial charge is 0.348 e. The molecule has 1 aliphatic heterocycles. The molecule has 0 radical (unpaired) electrons. The molecule has 4 amide bonds. The number of hydrogen-bond donors (Lipinski definition) is 1. The van der Waals surface area contributed by atoms with E-state index in [1.54, 1.807) is 44.4 Å². The van der Waals surface area contributed by atoms with Crippen molar-refractivity contribution in [2.45, 2.75) is 13.1 Å². The second kappa shape index (κ2) is 9.08.